The van der Waals surface area contributed by atoms with Crippen molar-refractivity contribution >= 4 is 11.6 Å². The molecule has 1 fully saturated rings. The average Bonchev–Trinajstić information content (AvgIpc) is 2.84. The molecule has 1 saturated heterocycles. The first-order valence-corrected chi connectivity index (χ1v) is 8.35. The van der Waals surface area contributed by atoms with E-state index in [2.05, 4.69) is 37.4 Å². The number of quaternary nitrogens is 1. The van der Waals surface area contributed by atoms with Gasteiger partial charge in [-0.1, -0.05) is 19.9 Å². The summed E-state index contributed by atoms with van der Waals surface area (Å²) in [6.07, 6.45) is 4.90. The molecular weight excluding hydrogens is 260 g/mol. The highest BCUT2D eigenvalue weighted by molar-refractivity contribution is 5.91. The fraction of sp³-hybridized carbons (Fsp3) is 0.611. The van der Waals surface area contributed by atoms with Crippen molar-refractivity contribution in [1.29, 1.82) is 0 Å². The van der Waals surface area contributed by atoms with Crippen molar-refractivity contribution in [2.75, 3.05) is 25.0 Å². The number of piperidine rings is 1. The van der Waals surface area contributed by atoms with Gasteiger partial charge in [0.15, 0.2) is 6.54 Å². The molecule has 2 aliphatic rings. The van der Waals surface area contributed by atoms with Gasteiger partial charge < -0.3 is 10.2 Å². The maximum Gasteiger partial charge on any atom is 0.279 e. The highest BCUT2D eigenvalue weighted by Gasteiger charge is 2.26. The van der Waals surface area contributed by atoms with Crippen LogP contribution in [0.5, 0.6) is 0 Å². The minimum Gasteiger partial charge on any atom is -0.327 e. The van der Waals surface area contributed by atoms with Gasteiger partial charge in [0.2, 0.25) is 0 Å². The normalized spacial score (nSPS) is 28.2. The Balaban J connectivity index is 1.56. The van der Waals surface area contributed by atoms with E-state index in [0.717, 1.165) is 37.0 Å². The quantitative estimate of drug-likeness (QED) is 0.871. The number of fused-ring (bicyclic) bond motifs is 1. The molecule has 0 saturated carbocycles. The van der Waals surface area contributed by atoms with Gasteiger partial charge in [0.1, 0.15) is 0 Å². The number of aryl methyl sites for hydroxylation is 2. The van der Waals surface area contributed by atoms with Crippen molar-refractivity contribution < 1.29 is 9.69 Å². The van der Waals surface area contributed by atoms with Gasteiger partial charge in [-0.25, -0.2) is 0 Å². The van der Waals surface area contributed by atoms with E-state index in [-0.39, 0.29) is 5.91 Å². The monoisotopic (exact) mass is 287 g/mol. The van der Waals surface area contributed by atoms with Crippen LogP contribution < -0.4 is 10.2 Å². The number of rotatable bonds is 3. The number of carbonyl (C=O) groups excluding carboxylic acids is 1. The van der Waals surface area contributed by atoms with E-state index >= 15 is 0 Å². The number of anilines is 1. The van der Waals surface area contributed by atoms with Crippen molar-refractivity contribution in [2.45, 2.75) is 39.5 Å². The standard InChI is InChI=1S/C18H26N2O/c1-13-8-14(2)11-20(10-13)12-18(21)19-17-7-6-15-4-3-5-16(15)9-17/h6-7,9,13-14H,3-5,8,10-12H2,1-2H3,(H,19,21)/p+1/t13-,14+. The summed E-state index contributed by atoms with van der Waals surface area (Å²) in [5.74, 6) is 1.62. The molecule has 0 bridgehead atoms. The van der Waals surface area contributed by atoms with Gasteiger partial charge in [-0.05, 0) is 48.9 Å². The first-order valence-electron chi connectivity index (χ1n) is 8.35. The van der Waals surface area contributed by atoms with Crippen LogP contribution in [-0.4, -0.2) is 25.5 Å². The number of hydrogen-bond acceptors (Lipinski definition) is 1. The fourth-order valence-electron chi connectivity index (χ4n) is 4.15. The van der Waals surface area contributed by atoms with Gasteiger partial charge in [-0.2, -0.15) is 0 Å². The predicted molar refractivity (Wildman–Crippen MR) is 85.6 cm³/mol. The van der Waals surface area contributed by atoms with E-state index in [1.807, 2.05) is 0 Å². The van der Waals surface area contributed by atoms with Crippen LogP contribution in [0.1, 0.15) is 37.8 Å². The minimum atomic E-state index is 0.157. The summed E-state index contributed by atoms with van der Waals surface area (Å²) in [7, 11) is 0. The lowest BCUT2D eigenvalue weighted by Crippen LogP contribution is -3.15. The molecule has 1 aromatic rings. The van der Waals surface area contributed by atoms with Crippen LogP contribution in [0.3, 0.4) is 0 Å². The Morgan fingerprint density at radius 1 is 1.19 bits per heavy atom. The molecule has 0 aromatic heterocycles. The van der Waals surface area contributed by atoms with Crippen LogP contribution in [0.4, 0.5) is 5.69 Å². The Hall–Kier alpha value is -1.35. The number of likely N-dealkylation sites (tertiary alicyclic amines) is 1. The molecule has 3 atom stereocenters. The van der Waals surface area contributed by atoms with Crippen molar-refractivity contribution in [3.63, 3.8) is 0 Å². The topological polar surface area (TPSA) is 33.5 Å². The predicted octanol–water partition coefficient (Wildman–Crippen LogP) is 1.67. The van der Waals surface area contributed by atoms with Gasteiger partial charge in [0.25, 0.3) is 5.91 Å². The highest BCUT2D eigenvalue weighted by Crippen LogP contribution is 2.24. The molecule has 1 unspecified atom stereocenters. The third kappa shape index (κ3) is 3.65. The average molecular weight is 287 g/mol. The van der Waals surface area contributed by atoms with E-state index in [0.29, 0.717) is 6.54 Å². The number of amides is 1. The second-order valence-corrected chi connectivity index (χ2v) is 7.17. The zero-order chi connectivity index (χ0) is 14.8. The Morgan fingerprint density at radius 3 is 2.67 bits per heavy atom. The molecule has 21 heavy (non-hydrogen) atoms. The van der Waals surface area contributed by atoms with E-state index in [1.165, 1.54) is 35.3 Å². The van der Waals surface area contributed by atoms with E-state index < -0.39 is 0 Å². The zero-order valence-corrected chi connectivity index (χ0v) is 13.2. The minimum absolute atomic E-state index is 0.157. The van der Waals surface area contributed by atoms with Crippen molar-refractivity contribution in [2.24, 2.45) is 11.8 Å². The smallest absolute Gasteiger partial charge is 0.279 e. The molecule has 2 N–H and O–H groups in total. The summed E-state index contributed by atoms with van der Waals surface area (Å²) >= 11 is 0. The SMILES string of the molecule is C[C@@H]1C[C@H](C)C[NH+](CC(=O)Nc2ccc3c(c2)CCC3)C1. The Labute approximate surface area is 127 Å². The fourth-order valence-corrected chi connectivity index (χ4v) is 4.15. The summed E-state index contributed by atoms with van der Waals surface area (Å²) in [5.41, 5.74) is 3.84. The van der Waals surface area contributed by atoms with Gasteiger partial charge in [0.05, 0.1) is 13.1 Å². The Kier molecular flexibility index (Phi) is 4.29. The molecule has 3 nitrogen and oxygen atoms in total. The number of hydrogen-bond donors (Lipinski definition) is 2. The van der Waals surface area contributed by atoms with Crippen molar-refractivity contribution in [3.05, 3.63) is 29.3 Å². The summed E-state index contributed by atoms with van der Waals surface area (Å²) < 4.78 is 0. The summed E-state index contributed by atoms with van der Waals surface area (Å²) in [6, 6.07) is 6.39. The Morgan fingerprint density at radius 2 is 1.90 bits per heavy atom. The van der Waals surface area contributed by atoms with Gasteiger partial charge >= 0.3 is 0 Å². The molecule has 0 spiro atoms. The lowest BCUT2D eigenvalue weighted by Gasteiger charge is -2.31. The third-order valence-corrected chi connectivity index (χ3v) is 4.87. The maximum absolute atomic E-state index is 12.3. The molecule has 3 heteroatoms. The van der Waals surface area contributed by atoms with E-state index in [1.54, 1.807) is 0 Å². The maximum atomic E-state index is 12.3. The number of nitrogens with one attached hydrogen (secondary N) is 2. The van der Waals surface area contributed by atoms with Crippen molar-refractivity contribution in [1.82, 2.24) is 0 Å². The van der Waals surface area contributed by atoms with Crippen LogP contribution in [0.15, 0.2) is 18.2 Å². The highest BCUT2D eigenvalue weighted by atomic mass is 16.2. The van der Waals surface area contributed by atoms with Crippen LogP contribution in [0.2, 0.25) is 0 Å². The van der Waals surface area contributed by atoms with Crippen LogP contribution in [-0.2, 0) is 17.6 Å². The van der Waals surface area contributed by atoms with Crippen LogP contribution in [0.25, 0.3) is 0 Å². The second kappa shape index (κ2) is 6.18. The van der Waals surface area contributed by atoms with E-state index in [9.17, 15) is 4.79 Å². The largest absolute Gasteiger partial charge is 0.327 e. The molecule has 1 amide bonds. The molecule has 114 valence electrons. The molecule has 1 aliphatic heterocycles. The summed E-state index contributed by atoms with van der Waals surface area (Å²) in [4.78, 5) is 13.7. The molecule has 1 heterocycles. The Bertz CT molecular complexity index is 516. The molecule has 1 aliphatic carbocycles. The van der Waals surface area contributed by atoms with Crippen LogP contribution >= 0.6 is 0 Å². The number of benzene rings is 1. The first kappa shape index (κ1) is 14.6. The lowest BCUT2D eigenvalue weighted by molar-refractivity contribution is -0.904. The summed E-state index contributed by atoms with van der Waals surface area (Å²) in [5, 5.41) is 3.09. The number of carbonyl (C=O) groups is 1. The van der Waals surface area contributed by atoms with Gasteiger partial charge in [-0.3, -0.25) is 4.79 Å². The lowest BCUT2D eigenvalue weighted by atomic mass is 9.92. The van der Waals surface area contributed by atoms with Gasteiger partial charge in [-0.15, -0.1) is 0 Å². The molecule has 0 radical (unpaired) electrons. The first-order chi connectivity index (χ1) is 10.1. The second-order valence-electron chi connectivity index (χ2n) is 7.17. The third-order valence-electron chi connectivity index (χ3n) is 4.87. The molecule has 1 aromatic carbocycles. The van der Waals surface area contributed by atoms with Crippen LogP contribution in [0, 0.1) is 11.8 Å². The van der Waals surface area contributed by atoms with E-state index in [4.69, 9.17) is 0 Å². The van der Waals surface area contributed by atoms with Gasteiger partial charge in [0, 0.05) is 17.5 Å². The molecular formula is C18H27N2O+. The van der Waals surface area contributed by atoms with Crippen molar-refractivity contribution in [3.8, 4) is 0 Å². The molecule has 3 rings (SSSR count). The summed E-state index contributed by atoms with van der Waals surface area (Å²) in [6.45, 7) is 7.46. The zero-order valence-electron chi connectivity index (χ0n) is 13.2.